The van der Waals surface area contributed by atoms with E-state index in [-0.39, 0.29) is 6.54 Å². The van der Waals surface area contributed by atoms with Gasteiger partial charge >= 0.3 is 6.18 Å². The molecule has 3 nitrogen and oxygen atoms in total. The molecule has 2 rings (SSSR count). The van der Waals surface area contributed by atoms with E-state index in [9.17, 15) is 18.0 Å². The smallest absolute Gasteiger partial charge is 0.406 e. The second-order valence-electron chi connectivity index (χ2n) is 5.25. The lowest BCUT2D eigenvalue weighted by molar-refractivity contribution is -0.161. The monoisotopic (exact) mass is 313 g/mol. The number of aryl methyl sites for hydroxylation is 2. The van der Waals surface area contributed by atoms with E-state index in [0.717, 1.165) is 19.3 Å². The summed E-state index contributed by atoms with van der Waals surface area (Å²) in [6.07, 6.45) is -0.0773. The number of hydrogen-bond donors (Lipinski definition) is 0. The highest BCUT2D eigenvalue weighted by Gasteiger charge is 2.32. The van der Waals surface area contributed by atoms with E-state index in [0.29, 0.717) is 10.6 Å². The first kappa shape index (κ1) is 16.4. The molecule has 0 fully saturated rings. The Balaban J connectivity index is 1.94. The summed E-state index contributed by atoms with van der Waals surface area (Å²) in [5.41, 5.74) is 2.45. The number of alkyl halides is 3. The fourth-order valence-electron chi connectivity index (χ4n) is 2.50. The minimum Gasteiger partial charge on any atom is -0.484 e. The number of ether oxygens (including phenoxy) is 1. The number of amides is 1. The van der Waals surface area contributed by atoms with E-state index in [2.05, 4.69) is 6.58 Å². The number of carbonyl (C=O) groups excluding carboxylic acids is 1. The lowest BCUT2D eigenvalue weighted by Crippen LogP contribution is -2.41. The first-order valence-electron chi connectivity index (χ1n) is 7.09. The molecular weight excluding hydrogens is 295 g/mol. The van der Waals surface area contributed by atoms with Gasteiger partial charge in [0.15, 0.2) is 6.61 Å². The molecule has 0 radical (unpaired) electrons. The number of carbonyl (C=O) groups is 1. The van der Waals surface area contributed by atoms with Crippen LogP contribution in [0, 0.1) is 0 Å². The van der Waals surface area contributed by atoms with Gasteiger partial charge in [0, 0.05) is 6.54 Å². The topological polar surface area (TPSA) is 29.5 Å². The molecule has 0 aromatic heterocycles. The van der Waals surface area contributed by atoms with Crippen molar-refractivity contribution in [3.63, 3.8) is 0 Å². The molecule has 120 valence electrons. The molecule has 1 aliphatic carbocycles. The summed E-state index contributed by atoms with van der Waals surface area (Å²) in [7, 11) is 0. The third-order valence-electron chi connectivity index (χ3n) is 3.50. The fourth-order valence-corrected chi connectivity index (χ4v) is 2.50. The van der Waals surface area contributed by atoms with Gasteiger partial charge in [-0.15, -0.1) is 6.58 Å². The Hall–Kier alpha value is -1.98. The van der Waals surface area contributed by atoms with Gasteiger partial charge in [-0.2, -0.15) is 13.2 Å². The van der Waals surface area contributed by atoms with Crippen LogP contribution in [0.5, 0.6) is 5.75 Å². The summed E-state index contributed by atoms with van der Waals surface area (Å²) in [5, 5.41) is 0. The zero-order valence-electron chi connectivity index (χ0n) is 12.2. The van der Waals surface area contributed by atoms with Crippen LogP contribution in [0.3, 0.4) is 0 Å². The minimum absolute atomic E-state index is 0.161. The Kier molecular flexibility index (Phi) is 5.11. The lowest BCUT2D eigenvalue weighted by Gasteiger charge is -2.22. The summed E-state index contributed by atoms with van der Waals surface area (Å²) in [6, 6.07) is 5.55. The molecule has 0 bridgehead atoms. The van der Waals surface area contributed by atoms with Gasteiger partial charge in [0.05, 0.1) is 0 Å². The van der Waals surface area contributed by atoms with Crippen LogP contribution < -0.4 is 4.74 Å². The molecule has 0 unspecified atom stereocenters. The van der Waals surface area contributed by atoms with E-state index < -0.39 is 25.2 Å². The van der Waals surface area contributed by atoms with E-state index in [1.807, 2.05) is 12.1 Å². The number of halogens is 3. The van der Waals surface area contributed by atoms with Crippen molar-refractivity contribution >= 4 is 5.91 Å². The fraction of sp³-hybridized carbons (Fsp3) is 0.438. The Bertz CT molecular complexity index is 555. The van der Waals surface area contributed by atoms with E-state index in [1.165, 1.54) is 17.2 Å². The predicted molar refractivity (Wildman–Crippen MR) is 76.8 cm³/mol. The van der Waals surface area contributed by atoms with Gasteiger partial charge in [-0.1, -0.05) is 12.1 Å². The summed E-state index contributed by atoms with van der Waals surface area (Å²) in [4.78, 5) is 12.6. The number of benzene rings is 1. The van der Waals surface area contributed by atoms with Crippen molar-refractivity contribution in [1.82, 2.24) is 4.90 Å². The molecule has 0 aliphatic heterocycles. The van der Waals surface area contributed by atoms with Gasteiger partial charge in [-0.25, -0.2) is 0 Å². The van der Waals surface area contributed by atoms with Gasteiger partial charge in [0.1, 0.15) is 12.3 Å². The van der Waals surface area contributed by atoms with Gasteiger partial charge in [0.2, 0.25) is 0 Å². The molecule has 1 aromatic rings. The third-order valence-corrected chi connectivity index (χ3v) is 3.50. The summed E-state index contributed by atoms with van der Waals surface area (Å²) in [5.74, 6) is -0.197. The maximum Gasteiger partial charge on any atom is 0.406 e. The van der Waals surface area contributed by atoms with E-state index in [4.69, 9.17) is 4.74 Å². The predicted octanol–water partition coefficient (Wildman–Crippen LogP) is 3.13. The first-order valence-corrected chi connectivity index (χ1v) is 7.09. The normalized spacial score (nSPS) is 13.6. The second-order valence-corrected chi connectivity index (χ2v) is 5.25. The van der Waals surface area contributed by atoms with Gasteiger partial charge < -0.3 is 9.64 Å². The molecular formula is C16H18F3NO2. The van der Waals surface area contributed by atoms with Crippen LogP contribution in [0.1, 0.15) is 17.5 Å². The Morgan fingerprint density at radius 3 is 2.73 bits per heavy atom. The SMILES string of the molecule is C=CCN(CC(F)(F)F)C(=O)COc1ccc2c(c1)CCC2. The molecule has 0 N–H and O–H groups in total. The van der Waals surface area contributed by atoms with E-state index >= 15 is 0 Å². The van der Waals surface area contributed by atoms with Crippen molar-refractivity contribution < 1.29 is 22.7 Å². The van der Waals surface area contributed by atoms with Crippen molar-refractivity contribution in [2.24, 2.45) is 0 Å². The molecule has 0 atom stereocenters. The van der Waals surface area contributed by atoms with Gasteiger partial charge in [-0.05, 0) is 42.5 Å². The van der Waals surface area contributed by atoms with Crippen LogP contribution in [0.4, 0.5) is 13.2 Å². The maximum atomic E-state index is 12.4. The average Bonchev–Trinajstić information content (AvgIpc) is 2.90. The Morgan fingerprint density at radius 2 is 2.05 bits per heavy atom. The standard InChI is InChI=1S/C16H18F3NO2/c1-2-8-20(11-16(17,18)19)15(21)10-22-14-7-6-12-4-3-5-13(12)9-14/h2,6-7,9H,1,3-5,8,10-11H2. The Labute approximate surface area is 127 Å². The molecule has 6 heteroatoms. The largest absolute Gasteiger partial charge is 0.484 e. The molecule has 1 aromatic carbocycles. The zero-order chi connectivity index (χ0) is 16.2. The highest BCUT2D eigenvalue weighted by molar-refractivity contribution is 5.78. The van der Waals surface area contributed by atoms with Crippen LogP contribution in [-0.2, 0) is 17.6 Å². The number of rotatable bonds is 6. The quantitative estimate of drug-likeness (QED) is 0.755. The molecule has 0 spiro atoms. The second kappa shape index (κ2) is 6.85. The molecule has 22 heavy (non-hydrogen) atoms. The van der Waals surface area contributed by atoms with Crippen molar-refractivity contribution in [3.8, 4) is 5.75 Å². The van der Waals surface area contributed by atoms with Crippen LogP contribution >= 0.6 is 0 Å². The molecule has 0 heterocycles. The molecule has 1 aliphatic rings. The highest BCUT2D eigenvalue weighted by Crippen LogP contribution is 2.26. The highest BCUT2D eigenvalue weighted by atomic mass is 19.4. The molecule has 0 saturated heterocycles. The van der Waals surface area contributed by atoms with Crippen molar-refractivity contribution in [2.75, 3.05) is 19.7 Å². The van der Waals surface area contributed by atoms with Crippen LogP contribution in [0.25, 0.3) is 0 Å². The van der Waals surface area contributed by atoms with Gasteiger partial charge in [0.25, 0.3) is 5.91 Å². The van der Waals surface area contributed by atoms with Crippen molar-refractivity contribution in [3.05, 3.63) is 42.0 Å². The summed E-state index contributed by atoms with van der Waals surface area (Å²) in [6.45, 7) is 1.49. The van der Waals surface area contributed by atoms with Crippen molar-refractivity contribution in [2.45, 2.75) is 25.4 Å². The lowest BCUT2D eigenvalue weighted by atomic mass is 10.1. The van der Waals surface area contributed by atoms with Gasteiger partial charge in [-0.3, -0.25) is 4.79 Å². The minimum atomic E-state index is -4.44. The number of nitrogens with zero attached hydrogens (tertiary/aromatic N) is 1. The number of fused-ring (bicyclic) bond motifs is 1. The molecule has 0 saturated carbocycles. The maximum absolute atomic E-state index is 12.4. The van der Waals surface area contributed by atoms with Crippen LogP contribution in [0.2, 0.25) is 0 Å². The van der Waals surface area contributed by atoms with Crippen LogP contribution in [0.15, 0.2) is 30.9 Å². The Morgan fingerprint density at radius 1 is 1.32 bits per heavy atom. The third kappa shape index (κ3) is 4.51. The van der Waals surface area contributed by atoms with Crippen molar-refractivity contribution in [1.29, 1.82) is 0 Å². The average molecular weight is 313 g/mol. The first-order chi connectivity index (χ1) is 10.4. The number of hydrogen-bond acceptors (Lipinski definition) is 2. The van der Waals surface area contributed by atoms with E-state index in [1.54, 1.807) is 6.07 Å². The summed E-state index contributed by atoms with van der Waals surface area (Å²) < 4.78 is 42.6. The zero-order valence-corrected chi connectivity index (χ0v) is 12.2. The van der Waals surface area contributed by atoms with Crippen LogP contribution in [-0.4, -0.2) is 36.7 Å². The summed E-state index contributed by atoms with van der Waals surface area (Å²) >= 11 is 0. The molecule has 1 amide bonds.